The van der Waals surface area contributed by atoms with E-state index in [9.17, 15) is 27.6 Å². The van der Waals surface area contributed by atoms with Gasteiger partial charge in [-0.05, 0) is 69.8 Å². The van der Waals surface area contributed by atoms with E-state index in [1.807, 2.05) is 6.92 Å². The van der Waals surface area contributed by atoms with Gasteiger partial charge in [0.25, 0.3) is 0 Å². The highest BCUT2D eigenvalue weighted by atomic mass is 35.5. The van der Waals surface area contributed by atoms with Crippen molar-refractivity contribution in [3.63, 3.8) is 0 Å². The number of nitrogens with two attached hydrogens (primary N) is 2. The van der Waals surface area contributed by atoms with Crippen molar-refractivity contribution in [2.24, 2.45) is 11.5 Å². The van der Waals surface area contributed by atoms with Crippen LogP contribution in [0.2, 0.25) is 0 Å². The third-order valence-corrected chi connectivity index (χ3v) is 8.16. The Hall–Kier alpha value is -3.20. The Labute approximate surface area is 261 Å². The van der Waals surface area contributed by atoms with Crippen LogP contribution in [-0.2, 0) is 17.5 Å². The van der Waals surface area contributed by atoms with Crippen molar-refractivity contribution in [2.75, 3.05) is 38.0 Å². The van der Waals surface area contributed by atoms with Crippen LogP contribution in [0.25, 0.3) is 5.69 Å². The third-order valence-electron chi connectivity index (χ3n) is 8.16. The third kappa shape index (κ3) is 8.49. The lowest BCUT2D eigenvalue weighted by atomic mass is 9.90. The first kappa shape index (κ1) is 35.3. The zero-order valence-electron chi connectivity index (χ0n) is 25.3. The summed E-state index contributed by atoms with van der Waals surface area (Å²) in [5, 5.41) is 2.55. The van der Waals surface area contributed by atoms with Gasteiger partial charge in [-0.1, -0.05) is 13.0 Å². The number of rotatable bonds is 7. The fourth-order valence-corrected chi connectivity index (χ4v) is 5.68. The molecule has 2 aliphatic rings. The molecule has 1 aromatic carbocycles. The number of carbonyl (C=O) groups is 2. The van der Waals surface area contributed by atoms with Crippen LogP contribution in [0.5, 0.6) is 0 Å². The largest absolute Gasteiger partial charge is 0.416 e. The zero-order chi connectivity index (χ0) is 31.5. The van der Waals surface area contributed by atoms with E-state index in [2.05, 4.69) is 15.2 Å². The molecule has 1 aromatic heterocycles. The second kappa shape index (κ2) is 14.3. The molecule has 244 valence electrons. The molecule has 5 N–H and O–H groups in total. The molecule has 11 nitrogen and oxygen atoms in total. The van der Waals surface area contributed by atoms with Crippen molar-refractivity contribution in [1.82, 2.24) is 24.3 Å². The van der Waals surface area contributed by atoms with E-state index < -0.39 is 29.0 Å². The summed E-state index contributed by atoms with van der Waals surface area (Å²) in [6, 6.07) is 5.00. The van der Waals surface area contributed by atoms with Crippen LogP contribution in [0, 0.1) is 0 Å². The zero-order valence-corrected chi connectivity index (χ0v) is 26.1. The van der Waals surface area contributed by atoms with Crippen molar-refractivity contribution in [1.29, 1.82) is 0 Å². The van der Waals surface area contributed by atoms with Crippen LogP contribution in [-0.4, -0.2) is 86.5 Å². The number of hydrogen-bond acceptors (Lipinski definition) is 7. The number of hydrogen-bond donors (Lipinski definition) is 3. The van der Waals surface area contributed by atoms with Crippen LogP contribution >= 0.6 is 12.4 Å². The molecular formula is C29H42ClF3N8O3. The first-order chi connectivity index (χ1) is 20.2. The van der Waals surface area contributed by atoms with E-state index in [4.69, 9.17) is 11.5 Å². The number of carbonyl (C=O) groups excluding carboxylic acids is 2. The Balaban J connectivity index is 0.00000529. The molecule has 2 fully saturated rings. The van der Waals surface area contributed by atoms with Gasteiger partial charge in [-0.25, -0.2) is 9.59 Å². The predicted octanol–water partition coefficient (Wildman–Crippen LogP) is 3.18. The maximum Gasteiger partial charge on any atom is 0.416 e. The molecule has 1 saturated carbocycles. The van der Waals surface area contributed by atoms with Crippen molar-refractivity contribution < 1.29 is 22.8 Å². The van der Waals surface area contributed by atoms with Crippen LogP contribution in [0.4, 0.5) is 23.8 Å². The molecule has 1 aliphatic heterocycles. The molecule has 1 aliphatic carbocycles. The Bertz CT molecular complexity index is 1360. The molecule has 2 aromatic rings. The summed E-state index contributed by atoms with van der Waals surface area (Å²) < 4.78 is 43.6. The highest BCUT2D eigenvalue weighted by Gasteiger charge is 2.35. The number of nitrogens with one attached hydrogen (secondary N) is 1. The number of alkyl halides is 3. The SMILES string of the molecule is CCN(Cc1ccc(-n2ccc(NC(=O)N3CCN(C(=O)C(C)(C)N)CC3)nc2=O)cc1C(F)(F)F)[C@H]1CC[C@H](N)CC1.Cl. The summed E-state index contributed by atoms with van der Waals surface area (Å²) in [5.74, 6) is -0.247. The molecular weight excluding hydrogens is 601 g/mol. The summed E-state index contributed by atoms with van der Waals surface area (Å²) in [6.07, 6.45) is 0.0532. The molecule has 3 amide bonds. The highest BCUT2D eigenvalue weighted by Crippen LogP contribution is 2.35. The molecule has 2 heterocycles. The maximum atomic E-state index is 14.2. The standard InChI is InChI=1S/C29H41F3N8O3.ClH/c1-4-37(21-9-6-20(33)7-10-21)18-19-5-8-22(17-23(19)29(30,31)32)40-12-11-24(36-27(40)43)35-26(42)39-15-13-38(14-16-39)25(41)28(2,3)34;/h5,8,11-12,17,20-21H,4,6-7,9-10,13-16,18,33-34H2,1-3H3,(H,35,36,42,43);1H/t20-,21-;. The van der Waals surface area contributed by atoms with Gasteiger partial charge in [0.2, 0.25) is 5.91 Å². The van der Waals surface area contributed by atoms with E-state index in [1.165, 1.54) is 29.3 Å². The number of anilines is 1. The quantitative estimate of drug-likeness (QED) is 0.421. The van der Waals surface area contributed by atoms with Crippen LogP contribution in [0.1, 0.15) is 57.6 Å². The van der Waals surface area contributed by atoms with E-state index >= 15 is 0 Å². The second-order valence-electron chi connectivity index (χ2n) is 11.9. The minimum Gasteiger partial charge on any atom is -0.338 e. The highest BCUT2D eigenvalue weighted by molar-refractivity contribution is 5.89. The second-order valence-corrected chi connectivity index (χ2v) is 11.9. The number of urea groups is 1. The van der Waals surface area contributed by atoms with Crippen LogP contribution in [0.15, 0.2) is 35.3 Å². The Morgan fingerprint density at radius 1 is 1.05 bits per heavy atom. The molecule has 0 unspecified atom stereocenters. The number of nitrogens with zero attached hydrogens (tertiary/aromatic N) is 5. The summed E-state index contributed by atoms with van der Waals surface area (Å²) in [5.41, 5.74) is 9.38. The lowest BCUT2D eigenvalue weighted by molar-refractivity contribution is -0.138. The van der Waals surface area contributed by atoms with E-state index in [0.29, 0.717) is 19.6 Å². The van der Waals surface area contributed by atoms with Gasteiger partial charge in [-0.3, -0.25) is 19.6 Å². The summed E-state index contributed by atoms with van der Waals surface area (Å²) in [7, 11) is 0. The van der Waals surface area contributed by atoms with Gasteiger partial charge >= 0.3 is 17.9 Å². The minimum atomic E-state index is -4.63. The monoisotopic (exact) mass is 642 g/mol. The molecule has 44 heavy (non-hydrogen) atoms. The van der Waals surface area contributed by atoms with Gasteiger partial charge in [0, 0.05) is 51.0 Å². The van der Waals surface area contributed by atoms with E-state index in [-0.39, 0.29) is 67.1 Å². The normalized spacial score (nSPS) is 19.5. The number of benzene rings is 1. The number of halogens is 4. The molecule has 0 atom stereocenters. The van der Waals surface area contributed by atoms with Gasteiger partial charge in [-0.2, -0.15) is 18.2 Å². The number of piperazine rings is 1. The Morgan fingerprint density at radius 2 is 1.66 bits per heavy atom. The topological polar surface area (TPSA) is 143 Å². The summed E-state index contributed by atoms with van der Waals surface area (Å²) in [6.45, 7) is 7.07. The van der Waals surface area contributed by atoms with Crippen LogP contribution < -0.4 is 22.5 Å². The van der Waals surface area contributed by atoms with Crippen molar-refractivity contribution in [2.45, 2.75) is 76.8 Å². The predicted molar refractivity (Wildman–Crippen MR) is 164 cm³/mol. The summed E-state index contributed by atoms with van der Waals surface area (Å²) >= 11 is 0. The Morgan fingerprint density at radius 3 is 2.20 bits per heavy atom. The van der Waals surface area contributed by atoms with Crippen molar-refractivity contribution in [3.8, 4) is 5.69 Å². The lowest BCUT2D eigenvalue weighted by Crippen LogP contribution is -2.58. The van der Waals surface area contributed by atoms with Crippen molar-refractivity contribution >= 4 is 30.2 Å². The first-order valence-electron chi connectivity index (χ1n) is 14.6. The fraction of sp³-hybridized carbons (Fsp3) is 0.586. The van der Waals surface area contributed by atoms with E-state index in [1.54, 1.807) is 18.7 Å². The Kier molecular flexibility index (Phi) is 11.4. The first-order valence-corrected chi connectivity index (χ1v) is 14.6. The molecule has 1 saturated heterocycles. The van der Waals surface area contributed by atoms with Crippen molar-refractivity contribution in [3.05, 3.63) is 52.1 Å². The smallest absolute Gasteiger partial charge is 0.338 e. The minimum absolute atomic E-state index is 0. The lowest BCUT2D eigenvalue weighted by Gasteiger charge is -2.37. The average Bonchev–Trinajstić information content (AvgIpc) is 2.95. The maximum absolute atomic E-state index is 14.2. The fourth-order valence-electron chi connectivity index (χ4n) is 5.68. The van der Waals surface area contributed by atoms with E-state index in [0.717, 1.165) is 36.3 Å². The average molecular weight is 643 g/mol. The van der Waals surface area contributed by atoms with Crippen LogP contribution in [0.3, 0.4) is 0 Å². The molecule has 0 spiro atoms. The molecule has 4 rings (SSSR count). The van der Waals surface area contributed by atoms with Gasteiger partial charge in [0.05, 0.1) is 16.8 Å². The van der Waals surface area contributed by atoms with Gasteiger partial charge in [-0.15, -0.1) is 12.4 Å². The number of amides is 3. The van der Waals surface area contributed by atoms with Gasteiger partial charge in [0.1, 0.15) is 5.82 Å². The summed E-state index contributed by atoms with van der Waals surface area (Å²) in [4.78, 5) is 47.0. The molecule has 0 radical (unpaired) electrons. The molecule has 0 bridgehead atoms. The van der Waals surface area contributed by atoms with Gasteiger partial charge < -0.3 is 21.3 Å². The van der Waals surface area contributed by atoms with Gasteiger partial charge in [0.15, 0.2) is 0 Å². The number of aromatic nitrogens is 2. The molecule has 15 heteroatoms.